The Morgan fingerprint density at radius 3 is 2.36 bits per heavy atom. The number of nitrogens with two attached hydrogens (primary N) is 2. The molecule has 2 unspecified atom stereocenters. The highest BCUT2D eigenvalue weighted by Gasteiger charge is 2.26. The molecular weight excluding hydrogens is 276 g/mol. The molecule has 1 aromatic heterocycles. The molecule has 0 spiro atoms. The van der Waals surface area contributed by atoms with Crippen LogP contribution < -0.4 is 16.8 Å². The van der Waals surface area contributed by atoms with E-state index >= 15 is 0 Å². The van der Waals surface area contributed by atoms with Crippen LogP contribution in [0.4, 0.5) is 17.8 Å². The summed E-state index contributed by atoms with van der Waals surface area (Å²) in [5.41, 5.74) is 12.6. The van der Waals surface area contributed by atoms with Crippen molar-refractivity contribution in [1.29, 1.82) is 0 Å². The quantitative estimate of drug-likeness (QED) is 0.801. The van der Waals surface area contributed by atoms with Crippen LogP contribution >= 0.6 is 0 Å². The van der Waals surface area contributed by atoms with Crippen molar-refractivity contribution in [2.24, 2.45) is 5.92 Å². The molecule has 1 aliphatic rings. The Hall–Kier alpha value is -2.37. The summed E-state index contributed by atoms with van der Waals surface area (Å²) in [5, 5.41) is 3.27. The lowest BCUT2D eigenvalue weighted by molar-refractivity contribution is 0.320. The Morgan fingerprint density at radius 1 is 0.955 bits per heavy atom. The topological polar surface area (TPSA) is 103 Å². The molecule has 0 saturated heterocycles. The molecule has 2 aromatic rings. The molecule has 1 heterocycles. The summed E-state index contributed by atoms with van der Waals surface area (Å²) >= 11 is 0. The summed E-state index contributed by atoms with van der Waals surface area (Å²) in [5.74, 6) is 1.91. The molecule has 1 aliphatic carbocycles. The van der Waals surface area contributed by atoms with Crippen molar-refractivity contribution < 1.29 is 0 Å². The lowest BCUT2D eigenvalue weighted by Gasteiger charge is -2.32. The second-order valence-electron chi connectivity index (χ2n) is 5.82. The Bertz CT molecular complexity index is 595. The van der Waals surface area contributed by atoms with Gasteiger partial charge in [0.15, 0.2) is 0 Å². The average Bonchev–Trinajstić information content (AvgIpc) is 2.53. The Kier molecular flexibility index (Phi) is 4.37. The van der Waals surface area contributed by atoms with E-state index < -0.39 is 0 Å². The van der Waals surface area contributed by atoms with Crippen molar-refractivity contribution in [3.8, 4) is 0 Å². The molecular formula is C16H22N6. The maximum Gasteiger partial charge on any atom is 0.229 e. The lowest BCUT2D eigenvalue weighted by Crippen LogP contribution is -2.25. The van der Waals surface area contributed by atoms with Crippen molar-refractivity contribution in [3.05, 3.63) is 35.9 Å². The van der Waals surface area contributed by atoms with E-state index in [2.05, 4.69) is 50.6 Å². The smallest absolute Gasteiger partial charge is 0.229 e. The molecule has 22 heavy (non-hydrogen) atoms. The van der Waals surface area contributed by atoms with Gasteiger partial charge in [-0.3, -0.25) is 0 Å². The van der Waals surface area contributed by atoms with Gasteiger partial charge in [0.1, 0.15) is 0 Å². The van der Waals surface area contributed by atoms with E-state index in [1.165, 1.54) is 31.2 Å². The summed E-state index contributed by atoms with van der Waals surface area (Å²) in [4.78, 5) is 11.9. The number of nitrogen functional groups attached to an aromatic ring is 2. The van der Waals surface area contributed by atoms with Gasteiger partial charge < -0.3 is 16.8 Å². The first-order chi connectivity index (χ1) is 10.7. The van der Waals surface area contributed by atoms with Gasteiger partial charge >= 0.3 is 0 Å². The number of hydrogen-bond acceptors (Lipinski definition) is 6. The highest BCUT2D eigenvalue weighted by molar-refractivity contribution is 5.37. The largest absolute Gasteiger partial charge is 0.368 e. The summed E-state index contributed by atoms with van der Waals surface area (Å²) < 4.78 is 0. The first kappa shape index (κ1) is 14.6. The van der Waals surface area contributed by atoms with Crippen molar-refractivity contribution in [2.75, 3.05) is 23.3 Å². The van der Waals surface area contributed by atoms with Crippen molar-refractivity contribution >= 4 is 17.8 Å². The van der Waals surface area contributed by atoms with Gasteiger partial charge in [0.2, 0.25) is 17.8 Å². The molecule has 1 aromatic carbocycles. The summed E-state index contributed by atoms with van der Waals surface area (Å²) in [6.45, 7) is 0.822. The van der Waals surface area contributed by atoms with Gasteiger partial charge in [0.25, 0.3) is 0 Å². The van der Waals surface area contributed by atoms with Crippen LogP contribution in [-0.4, -0.2) is 21.5 Å². The molecule has 3 rings (SSSR count). The number of aromatic nitrogens is 3. The van der Waals surface area contributed by atoms with Crippen LogP contribution in [0, 0.1) is 5.92 Å². The fraction of sp³-hybridized carbons (Fsp3) is 0.438. The number of benzene rings is 1. The third-order valence-corrected chi connectivity index (χ3v) is 4.33. The molecule has 0 bridgehead atoms. The second kappa shape index (κ2) is 6.60. The van der Waals surface area contributed by atoms with Gasteiger partial charge in [-0.2, -0.15) is 15.0 Å². The molecule has 1 fully saturated rings. The Morgan fingerprint density at radius 2 is 1.64 bits per heavy atom. The molecule has 5 N–H and O–H groups in total. The standard InChI is InChI=1S/C16H22N6/c17-14-20-15(18)22-16(21-14)19-10-12-8-4-5-9-13(12)11-6-2-1-3-7-11/h1-3,6-7,12-13H,4-5,8-10H2,(H5,17,18,19,20,21,22). The molecule has 0 radical (unpaired) electrons. The van der Waals surface area contributed by atoms with E-state index in [0.29, 0.717) is 17.8 Å². The molecule has 0 amide bonds. The van der Waals surface area contributed by atoms with Crippen LogP contribution in [0.15, 0.2) is 30.3 Å². The highest BCUT2D eigenvalue weighted by Crippen LogP contribution is 2.37. The van der Waals surface area contributed by atoms with Crippen LogP contribution in [0.3, 0.4) is 0 Å². The zero-order valence-corrected chi connectivity index (χ0v) is 12.6. The minimum Gasteiger partial charge on any atom is -0.368 e. The molecule has 0 aliphatic heterocycles. The number of nitrogens with one attached hydrogen (secondary N) is 1. The normalized spacial score (nSPS) is 21.5. The van der Waals surface area contributed by atoms with Crippen LogP contribution in [0.25, 0.3) is 0 Å². The summed E-state index contributed by atoms with van der Waals surface area (Å²) in [7, 11) is 0. The molecule has 1 saturated carbocycles. The van der Waals surface area contributed by atoms with Crippen molar-refractivity contribution in [2.45, 2.75) is 31.6 Å². The molecule has 6 nitrogen and oxygen atoms in total. The predicted octanol–water partition coefficient (Wildman–Crippen LogP) is 2.42. The maximum atomic E-state index is 5.60. The van der Waals surface area contributed by atoms with E-state index in [0.717, 1.165) is 6.54 Å². The van der Waals surface area contributed by atoms with Crippen molar-refractivity contribution in [3.63, 3.8) is 0 Å². The molecule has 2 atom stereocenters. The summed E-state index contributed by atoms with van der Waals surface area (Å²) in [6.07, 6.45) is 5.01. The SMILES string of the molecule is Nc1nc(N)nc(NCC2CCCCC2c2ccccc2)n1. The van der Waals surface area contributed by atoms with E-state index in [9.17, 15) is 0 Å². The molecule has 116 valence electrons. The number of nitrogens with zero attached hydrogens (tertiary/aromatic N) is 3. The fourth-order valence-corrected chi connectivity index (χ4v) is 3.30. The second-order valence-corrected chi connectivity index (χ2v) is 5.82. The number of rotatable bonds is 4. The zero-order chi connectivity index (χ0) is 15.4. The minimum atomic E-state index is 0.151. The fourth-order valence-electron chi connectivity index (χ4n) is 3.30. The number of hydrogen-bond donors (Lipinski definition) is 3. The van der Waals surface area contributed by atoms with E-state index in [1.54, 1.807) is 0 Å². The Balaban J connectivity index is 1.69. The van der Waals surface area contributed by atoms with Crippen LogP contribution in [-0.2, 0) is 0 Å². The van der Waals surface area contributed by atoms with Gasteiger partial charge in [-0.15, -0.1) is 0 Å². The van der Waals surface area contributed by atoms with E-state index in [1.807, 2.05) is 0 Å². The molecule has 6 heteroatoms. The van der Waals surface area contributed by atoms with Gasteiger partial charge in [-0.05, 0) is 30.2 Å². The first-order valence-corrected chi connectivity index (χ1v) is 7.78. The summed E-state index contributed by atoms with van der Waals surface area (Å²) in [6, 6.07) is 10.7. The first-order valence-electron chi connectivity index (χ1n) is 7.78. The van der Waals surface area contributed by atoms with Gasteiger partial charge in [-0.1, -0.05) is 43.2 Å². The maximum absolute atomic E-state index is 5.60. The highest BCUT2D eigenvalue weighted by atomic mass is 15.2. The van der Waals surface area contributed by atoms with E-state index in [-0.39, 0.29) is 11.9 Å². The predicted molar refractivity (Wildman–Crippen MR) is 88.3 cm³/mol. The van der Waals surface area contributed by atoms with Gasteiger partial charge in [0, 0.05) is 6.54 Å². The van der Waals surface area contributed by atoms with Crippen molar-refractivity contribution in [1.82, 2.24) is 15.0 Å². The van der Waals surface area contributed by atoms with Crippen LogP contribution in [0.2, 0.25) is 0 Å². The third kappa shape index (κ3) is 3.44. The third-order valence-electron chi connectivity index (χ3n) is 4.33. The lowest BCUT2D eigenvalue weighted by atomic mass is 9.75. The van der Waals surface area contributed by atoms with Crippen LogP contribution in [0.5, 0.6) is 0 Å². The zero-order valence-electron chi connectivity index (χ0n) is 12.6. The van der Waals surface area contributed by atoms with Crippen LogP contribution in [0.1, 0.15) is 37.2 Å². The average molecular weight is 298 g/mol. The minimum absolute atomic E-state index is 0.151. The van der Waals surface area contributed by atoms with E-state index in [4.69, 9.17) is 11.5 Å². The van der Waals surface area contributed by atoms with Gasteiger partial charge in [-0.25, -0.2) is 0 Å². The van der Waals surface area contributed by atoms with Gasteiger partial charge in [0.05, 0.1) is 0 Å². The Labute approximate surface area is 130 Å². The monoisotopic (exact) mass is 298 g/mol. The number of anilines is 3.